The van der Waals surface area contributed by atoms with Gasteiger partial charge < -0.3 is 15.8 Å². The van der Waals surface area contributed by atoms with Crippen LogP contribution in [0, 0.1) is 11.3 Å². The van der Waals surface area contributed by atoms with Gasteiger partial charge in [0.2, 0.25) is 0 Å². The molecule has 1 amide bonds. The minimum Gasteiger partial charge on any atom is -0.497 e. The van der Waals surface area contributed by atoms with E-state index in [2.05, 4.69) is 15.3 Å². The fraction of sp³-hybridized carbons (Fsp3) is 0.0476. The van der Waals surface area contributed by atoms with E-state index in [1.54, 1.807) is 30.5 Å². The van der Waals surface area contributed by atoms with Crippen molar-refractivity contribution in [3.05, 3.63) is 64.3 Å². The lowest BCUT2D eigenvalue weighted by molar-refractivity contribution is 0.0995. The summed E-state index contributed by atoms with van der Waals surface area (Å²) in [6, 6.07) is 12.7. The van der Waals surface area contributed by atoms with Gasteiger partial charge in [-0.1, -0.05) is 23.4 Å². The molecule has 0 radical (unpaired) electrons. The summed E-state index contributed by atoms with van der Waals surface area (Å²) in [6.45, 7) is 0. The Kier molecular flexibility index (Phi) is 5.95. The molecule has 154 valence electrons. The number of rotatable bonds is 6. The maximum atomic E-state index is 12.0. The number of amides is 1. The minimum absolute atomic E-state index is 0.0579. The molecule has 0 aliphatic carbocycles. The van der Waals surface area contributed by atoms with E-state index in [0.717, 1.165) is 9.24 Å². The van der Waals surface area contributed by atoms with Crippen molar-refractivity contribution in [2.45, 2.75) is 9.24 Å². The van der Waals surface area contributed by atoms with Crippen LogP contribution in [0.5, 0.6) is 5.75 Å². The third-order valence-corrected chi connectivity index (χ3v) is 6.73. The maximum Gasteiger partial charge on any atom is 0.268 e. The Bertz CT molecular complexity index is 1340. The lowest BCUT2D eigenvalue weighted by atomic mass is 10.1. The number of carbonyl (C=O) groups is 1. The molecule has 4 rings (SSSR count). The number of carbonyl (C=O) groups excluding carboxylic acids is 1. The van der Waals surface area contributed by atoms with E-state index < -0.39 is 5.91 Å². The summed E-state index contributed by atoms with van der Waals surface area (Å²) in [5.74, 6) is -0.227. The molecule has 0 saturated heterocycles. The van der Waals surface area contributed by atoms with Crippen molar-refractivity contribution in [3.63, 3.8) is 0 Å². The van der Waals surface area contributed by atoms with Crippen molar-refractivity contribution in [1.29, 1.82) is 5.26 Å². The smallest absolute Gasteiger partial charge is 0.268 e. The number of hydrogen-bond acceptors (Lipinski definition) is 8. The Balaban J connectivity index is 1.79. The zero-order valence-corrected chi connectivity index (χ0v) is 18.4. The SMILES string of the molecule is COc1ccc2c(Nc3ccc(Sc4nccs4)c(Cl)c3)c(C#N)c(C(N)=O)nc2c1. The molecule has 2 aromatic heterocycles. The molecule has 0 spiro atoms. The van der Waals surface area contributed by atoms with Gasteiger partial charge in [0, 0.05) is 33.6 Å². The number of hydrogen-bond donors (Lipinski definition) is 2. The minimum atomic E-state index is -0.794. The molecule has 2 aromatic carbocycles. The molecule has 3 N–H and O–H groups in total. The number of fused-ring (bicyclic) bond motifs is 1. The van der Waals surface area contributed by atoms with Crippen molar-refractivity contribution in [2.24, 2.45) is 5.73 Å². The predicted molar refractivity (Wildman–Crippen MR) is 122 cm³/mol. The largest absolute Gasteiger partial charge is 0.497 e. The monoisotopic (exact) mass is 467 g/mol. The number of halogens is 1. The molecule has 0 bridgehead atoms. The van der Waals surface area contributed by atoms with Gasteiger partial charge in [-0.05, 0) is 30.3 Å². The van der Waals surface area contributed by atoms with Crippen molar-refractivity contribution < 1.29 is 9.53 Å². The molecule has 0 saturated carbocycles. The van der Waals surface area contributed by atoms with Crippen LogP contribution in [-0.2, 0) is 0 Å². The van der Waals surface area contributed by atoms with Crippen LogP contribution >= 0.6 is 34.7 Å². The van der Waals surface area contributed by atoms with Gasteiger partial charge in [0.25, 0.3) is 5.91 Å². The van der Waals surface area contributed by atoms with E-state index in [4.69, 9.17) is 22.1 Å². The Morgan fingerprint density at radius 3 is 2.81 bits per heavy atom. The summed E-state index contributed by atoms with van der Waals surface area (Å²) in [4.78, 5) is 21.3. The average molecular weight is 468 g/mol. The van der Waals surface area contributed by atoms with Crippen molar-refractivity contribution in [1.82, 2.24) is 9.97 Å². The van der Waals surface area contributed by atoms with Crippen LogP contribution in [-0.4, -0.2) is 23.0 Å². The number of nitrogens with one attached hydrogen (secondary N) is 1. The number of ether oxygens (including phenoxy) is 1. The number of primary amides is 1. The molecular formula is C21H14ClN5O2S2. The fourth-order valence-electron chi connectivity index (χ4n) is 2.95. The van der Waals surface area contributed by atoms with Gasteiger partial charge in [-0.3, -0.25) is 4.79 Å². The molecule has 0 unspecified atom stereocenters. The summed E-state index contributed by atoms with van der Waals surface area (Å²) < 4.78 is 6.13. The Morgan fingerprint density at radius 2 is 2.16 bits per heavy atom. The number of nitriles is 1. The highest BCUT2D eigenvalue weighted by Crippen LogP contribution is 2.38. The molecular weight excluding hydrogens is 454 g/mol. The quantitative estimate of drug-likeness (QED) is 0.399. The number of methoxy groups -OCH3 is 1. The van der Waals surface area contributed by atoms with Crippen LogP contribution < -0.4 is 15.8 Å². The summed E-state index contributed by atoms with van der Waals surface area (Å²) >= 11 is 9.47. The molecule has 0 aliphatic rings. The van der Waals surface area contributed by atoms with Gasteiger partial charge in [0.05, 0.1) is 23.3 Å². The molecule has 0 aliphatic heterocycles. The summed E-state index contributed by atoms with van der Waals surface area (Å²) in [5.41, 5.74) is 6.95. The second-order valence-electron chi connectivity index (χ2n) is 6.24. The lowest BCUT2D eigenvalue weighted by Gasteiger charge is -2.15. The zero-order valence-electron chi connectivity index (χ0n) is 16.0. The highest BCUT2D eigenvalue weighted by atomic mass is 35.5. The van der Waals surface area contributed by atoms with Gasteiger partial charge in [-0.15, -0.1) is 11.3 Å². The standard InChI is InChI=1S/C21H14ClN5O2S2/c1-29-12-3-4-13-16(9-12)27-19(20(24)28)14(10-23)18(13)26-11-2-5-17(15(22)8-11)31-21-25-6-7-30-21/h2-9H,1H3,(H2,24,28)(H,26,27). The molecule has 7 nitrogen and oxygen atoms in total. The Labute approximate surface area is 190 Å². The van der Waals surface area contributed by atoms with Crippen molar-refractivity contribution >= 4 is 62.9 Å². The van der Waals surface area contributed by atoms with E-state index in [1.165, 1.54) is 30.2 Å². The van der Waals surface area contributed by atoms with Gasteiger partial charge in [-0.25, -0.2) is 9.97 Å². The van der Waals surface area contributed by atoms with E-state index in [-0.39, 0.29) is 11.3 Å². The van der Waals surface area contributed by atoms with Crippen LogP contribution in [0.25, 0.3) is 10.9 Å². The second kappa shape index (κ2) is 8.81. The highest BCUT2D eigenvalue weighted by Gasteiger charge is 2.19. The van der Waals surface area contributed by atoms with Crippen LogP contribution in [0.4, 0.5) is 11.4 Å². The molecule has 0 atom stereocenters. The second-order valence-corrected chi connectivity index (χ2v) is 8.83. The number of thiazole rings is 1. The van der Waals surface area contributed by atoms with Crippen molar-refractivity contribution in [3.8, 4) is 11.8 Å². The van der Waals surface area contributed by atoms with E-state index >= 15 is 0 Å². The van der Waals surface area contributed by atoms with E-state index in [9.17, 15) is 10.1 Å². The first-order valence-corrected chi connectivity index (χ1v) is 10.9. The van der Waals surface area contributed by atoms with E-state index in [1.807, 2.05) is 23.6 Å². The maximum absolute atomic E-state index is 12.0. The van der Waals surface area contributed by atoms with Crippen molar-refractivity contribution in [2.75, 3.05) is 12.4 Å². The normalized spacial score (nSPS) is 10.6. The predicted octanol–water partition coefficient (Wildman–Crippen LogP) is 5.22. The molecule has 10 heteroatoms. The van der Waals surface area contributed by atoms with E-state index in [0.29, 0.717) is 33.0 Å². The number of pyridine rings is 1. The number of nitrogens with two attached hydrogens (primary N) is 1. The first-order chi connectivity index (χ1) is 15.0. The Morgan fingerprint density at radius 1 is 1.32 bits per heavy atom. The third kappa shape index (κ3) is 4.27. The molecule has 2 heterocycles. The summed E-state index contributed by atoms with van der Waals surface area (Å²) in [7, 11) is 1.53. The fourth-order valence-corrected chi connectivity index (χ4v) is 4.83. The molecule has 4 aromatic rings. The number of aromatic nitrogens is 2. The average Bonchev–Trinajstić information content (AvgIpc) is 3.28. The van der Waals surface area contributed by atoms with Gasteiger partial charge in [0.15, 0.2) is 4.34 Å². The van der Waals surface area contributed by atoms with Crippen LogP contribution in [0.1, 0.15) is 16.1 Å². The first kappa shape index (κ1) is 20.9. The number of anilines is 2. The summed E-state index contributed by atoms with van der Waals surface area (Å²) in [5, 5.41) is 16.0. The molecule has 31 heavy (non-hydrogen) atoms. The van der Waals surface area contributed by atoms with Crippen LogP contribution in [0.3, 0.4) is 0 Å². The zero-order chi connectivity index (χ0) is 22.0. The van der Waals surface area contributed by atoms with Crippen LogP contribution in [0.15, 0.2) is 57.2 Å². The van der Waals surface area contributed by atoms with Gasteiger partial charge in [-0.2, -0.15) is 5.26 Å². The number of benzene rings is 2. The third-order valence-electron chi connectivity index (χ3n) is 4.35. The number of nitrogens with zero attached hydrogens (tertiary/aromatic N) is 3. The van der Waals surface area contributed by atoms with Gasteiger partial charge in [0.1, 0.15) is 23.1 Å². The van der Waals surface area contributed by atoms with Crippen LogP contribution in [0.2, 0.25) is 5.02 Å². The summed E-state index contributed by atoms with van der Waals surface area (Å²) in [6.07, 6.45) is 1.74. The first-order valence-electron chi connectivity index (χ1n) is 8.85. The molecule has 0 fully saturated rings. The Hall–Kier alpha value is -3.32. The highest BCUT2D eigenvalue weighted by molar-refractivity contribution is 8.01. The topological polar surface area (TPSA) is 114 Å². The van der Waals surface area contributed by atoms with Gasteiger partial charge >= 0.3 is 0 Å². The lowest BCUT2D eigenvalue weighted by Crippen LogP contribution is -2.16.